The highest BCUT2D eigenvalue weighted by Gasteiger charge is 2.37. The largest absolute Gasteiger partial charge is 0.268 e. The fourth-order valence-electron chi connectivity index (χ4n) is 4.93. The number of aromatic nitrogens is 1. The van der Waals surface area contributed by atoms with E-state index in [-0.39, 0.29) is 5.41 Å². The van der Waals surface area contributed by atoms with Crippen LogP contribution < -0.4 is 0 Å². The number of fused-ring (bicyclic) bond motifs is 2. The van der Waals surface area contributed by atoms with Crippen LogP contribution in [0, 0.1) is 13.8 Å². The molecule has 4 heteroatoms. The van der Waals surface area contributed by atoms with E-state index in [9.17, 15) is 8.42 Å². The molecule has 4 aromatic rings. The number of benzene rings is 3. The van der Waals surface area contributed by atoms with Crippen LogP contribution in [0.3, 0.4) is 0 Å². The van der Waals surface area contributed by atoms with Gasteiger partial charge in [0, 0.05) is 22.6 Å². The van der Waals surface area contributed by atoms with Crippen molar-refractivity contribution in [1.29, 1.82) is 0 Å². The number of hydrogen-bond donors (Lipinski definition) is 0. The van der Waals surface area contributed by atoms with E-state index < -0.39 is 10.0 Å². The summed E-state index contributed by atoms with van der Waals surface area (Å²) in [4.78, 5) is 0.291. The highest BCUT2D eigenvalue weighted by molar-refractivity contribution is 7.90. The van der Waals surface area contributed by atoms with E-state index in [2.05, 4.69) is 45.5 Å². The van der Waals surface area contributed by atoms with Gasteiger partial charge in [0.05, 0.1) is 10.4 Å². The second-order valence-corrected chi connectivity index (χ2v) is 10.7. The van der Waals surface area contributed by atoms with Crippen LogP contribution in [0.5, 0.6) is 0 Å². The van der Waals surface area contributed by atoms with Gasteiger partial charge in [-0.05, 0) is 59.9 Å². The van der Waals surface area contributed by atoms with E-state index in [1.807, 2.05) is 37.3 Å². The second-order valence-electron chi connectivity index (χ2n) is 8.90. The molecule has 0 spiro atoms. The summed E-state index contributed by atoms with van der Waals surface area (Å²) < 4.78 is 28.8. The maximum Gasteiger partial charge on any atom is 0.268 e. The van der Waals surface area contributed by atoms with Gasteiger partial charge >= 0.3 is 0 Å². The molecule has 0 radical (unpaired) electrons. The lowest BCUT2D eigenvalue weighted by atomic mass is 9.68. The molecule has 3 aromatic carbocycles. The van der Waals surface area contributed by atoms with Crippen LogP contribution in [-0.4, -0.2) is 12.4 Å². The monoisotopic (exact) mass is 427 g/mol. The standard InChI is InChI=1S/C27H25NO2S/c1-6-20-18(3)12-15-23-25(20)21-16-28(31(29,30)19-13-10-17(2)11-14-19)24-9-7-8-22(26(21)24)27(23,4)5/h6-16H,1H2,2-5H3. The summed E-state index contributed by atoms with van der Waals surface area (Å²) in [6, 6.07) is 17.3. The molecule has 5 rings (SSSR count). The first kappa shape index (κ1) is 19.8. The minimum Gasteiger partial charge on any atom is -0.240 e. The number of rotatable bonds is 3. The third-order valence-electron chi connectivity index (χ3n) is 6.66. The van der Waals surface area contributed by atoms with Crippen molar-refractivity contribution in [3.63, 3.8) is 0 Å². The Morgan fingerprint density at radius 2 is 1.65 bits per heavy atom. The molecule has 0 fully saturated rings. The second kappa shape index (κ2) is 6.44. The average molecular weight is 428 g/mol. The van der Waals surface area contributed by atoms with Crippen molar-refractivity contribution >= 4 is 27.0 Å². The maximum atomic E-state index is 13.7. The Kier molecular flexibility index (Phi) is 4.12. The molecule has 1 aliphatic carbocycles. The Labute approximate surface area is 183 Å². The van der Waals surface area contributed by atoms with Gasteiger partial charge in [0.15, 0.2) is 0 Å². The van der Waals surface area contributed by atoms with Gasteiger partial charge in [-0.2, -0.15) is 0 Å². The van der Waals surface area contributed by atoms with Gasteiger partial charge in [-0.25, -0.2) is 12.4 Å². The lowest BCUT2D eigenvalue weighted by Gasteiger charge is -2.34. The number of nitrogens with zero attached hydrogens (tertiary/aromatic N) is 1. The number of hydrogen-bond acceptors (Lipinski definition) is 2. The third kappa shape index (κ3) is 2.61. The molecule has 1 heterocycles. The van der Waals surface area contributed by atoms with E-state index >= 15 is 0 Å². The highest BCUT2D eigenvalue weighted by Crippen LogP contribution is 2.51. The minimum atomic E-state index is -3.74. The molecule has 0 bridgehead atoms. The first-order chi connectivity index (χ1) is 14.7. The van der Waals surface area contributed by atoms with E-state index in [0.717, 1.165) is 38.8 Å². The van der Waals surface area contributed by atoms with E-state index in [1.54, 1.807) is 18.3 Å². The summed E-state index contributed by atoms with van der Waals surface area (Å²) in [5.41, 5.74) is 8.05. The van der Waals surface area contributed by atoms with Crippen LogP contribution in [-0.2, 0) is 15.4 Å². The molecule has 3 nitrogen and oxygen atoms in total. The predicted molar refractivity (Wildman–Crippen MR) is 128 cm³/mol. The zero-order chi connectivity index (χ0) is 22.1. The molecule has 0 atom stereocenters. The van der Waals surface area contributed by atoms with Crippen LogP contribution in [0.1, 0.15) is 41.7 Å². The van der Waals surface area contributed by atoms with Crippen molar-refractivity contribution in [3.05, 3.63) is 95.2 Å². The van der Waals surface area contributed by atoms with Crippen LogP contribution in [0.25, 0.3) is 28.1 Å². The molecule has 1 aromatic heterocycles. The van der Waals surface area contributed by atoms with Crippen molar-refractivity contribution in [2.75, 3.05) is 0 Å². The van der Waals surface area contributed by atoms with Gasteiger partial charge < -0.3 is 0 Å². The van der Waals surface area contributed by atoms with Crippen molar-refractivity contribution in [3.8, 4) is 11.1 Å². The van der Waals surface area contributed by atoms with Gasteiger partial charge in [-0.1, -0.05) is 68.5 Å². The topological polar surface area (TPSA) is 39.1 Å². The Morgan fingerprint density at radius 3 is 2.32 bits per heavy atom. The van der Waals surface area contributed by atoms with Crippen LogP contribution in [0.15, 0.2) is 72.3 Å². The SMILES string of the molecule is C=Cc1c(C)ccc2c1-c1cn(S(=O)(=O)c3ccc(C)cc3)c3cccc(c13)C2(C)C. The van der Waals surface area contributed by atoms with Crippen molar-refractivity contribution in [2.45, 2.75) is 38.0 Å². The molecule has 31 heavy (non-hydrogen) atoms. The van der Waals surface area contributed by atoms with Gasteiger partial charge in [0.2, 0.25) is 0 Å². The quantitative estimate of drug-likeness (QED) is 0.377. The first-order valence-corrected chi connectivity index (χ1v) is 11.9. The maximum absolute atomic E-state index is 13.7. The summed E-state index contributed by atoms with van der Waals surface area (Å²) in [5, 5.41) is 1.00. The fraction of sp³-hybridized carbons (Fsp3) is 0.185. The van der Waals surface area contributed by atoms with E-state index in [0.29, 0.717) is 10.4 Å². The summed E-state index contributed by atoms with van der Waals surface area (Å²) in [5.74, 6) is 0. The van der Waals surface area contributed by atoms with Gasteiger partial charge in [-0.15, -0.1) is 0 Å². The molecular weight excluding hydrogens is 402 g/mol. The smallest absolute Gasteiger partial charge is 0.240 e. The first-order valence-electron chi connectivity index (χ1n) is 10.4. The van der Waals surface area contributed by atoms with Crippen LogP contribution in [0.2, 0.25) is 0 Å². The number of aryl methyl sites for hydroxylation is 2. The normalized spacial score (nSPS) is 14.5. The highest BCUT2D eigenvalue weighted by atomic mass is 32.2. The Balaban J connectivity index is 1.92. The third-order valence-corrected chi connectivity index (χ3v) is 8.34. The van der Waals surface area contributed by atoms with Crippen molar-refractivity contribution < 1.29 is 8.42 Å². The molecule has 0 saturated heterocycles. The molecule has 0 amide bonds. The van der Waals surface area contributed by atoms with Crippen molar-refractivity contribution in [1.82, 2.24) is 3.97 Å². The Hall–Kier alpha value is -3.11. The van der Waals surface area contributed by atoms with Gasteiger partial charge in [0.25, 0.3) is 10.0 Å². The fourth-order valence-corrected chi connectivity index (χ4v) is 6.30. The molecule has 1 aliphatic rings. The van der Waals surface area contributed by atoms with Crippen LogP contribution >= 0.6 is 0 Å². The van der Waals surface area contributed by atoms with E-state index in [1.165, 1.54) is 9.54 Å². The minimum absolute atomic E-state index is 0.257. The van der Waals surface area contributed by atoms with Gasteiger partial charge in [-0.3, -0.25) is 0 Å². The van der Waals surface area contributed by atoms with E-state index in [4.69, 9.17) is 0 Å². The molecular formula is C27H25NO2S. The lowest BCUT2D eigenvalue weighted by Crippen LogP contribution is -2.23. The molecule has 0 saturated carbocycles. The molecule has 0 N–H and O–H groups in total. The Morgan fingerprint density at radius 1 is 0.935 bits per heavy atom. The summed E-state index contributed by atoms with van der Waals surface area (Å²) in [7, 11) is -3.74. The summed E-state index contributed by atoms with van der Waals surface area (Å²) in [6.07, 6.45) is 3.68. The van der Waals surface area contributed by atoms with Gasteiger partial charge in [0.1, 0.15) is 0 Å². The summed E-state index contributed by atoms with van der Waals surface area (Å²) in [6.45, 7) is 12.5. The zero-order valence-electron chi connectivity index (χ0n) is 18.2. The predicted octanol–water partition coefficient (Wildman–Crippen LogP) is 6.44. The molecule has 0 unspecified atom stereocenters. The summed E-state index contributed by atoms with van der Waals surface area (Å²) >= 11 is 0. The molecule has 0 aliphatic heterocycles. The lowest BCUT2D eigenvalue weighted by molar-refractivity contribution is 0.589. The van der Waals surface area contributed by atoms with Crippen molar-refractivity contribution in [2.24, 2.45) is 0 Å². The molecule has 156 valence electrons. The Bertz CT molecular complexity index is 1490. The van der Waals surface area contributed by atoms with Crippen LogP contribution in [0.4, 0.5) is 0 Å². The zero-order valence-corrected chi connectivity index (χ0v) is 19.0. The average Bonchev–Trinajstić information content (AvgIpc) is 3.13.